The van der Waals surface area contributed by atoms with Gasteiger partial charge in [-0.1, -0.05) is 72.6 Å². The van der Waals surface area contributed by atoms with Gasteiger partial charge in [0.1, 0.15) is 0 Å². The molecule has 0 heterocycles. The number of aliphatic hydroxyl groups is 1. The molecule has 1 aliphatic rings. The van der Waals surface area contributed by atoms with Crippen LogP contribution in [-0.2, 0) is 0 Å². The van der Waals surface area contributed by atoms with Crippen LogP contribution in [0, 0.1) is 11.3 Å². The third-order valence-corrected chi connectivity index (χ3v) is 5.39. The van der Waals surface area contributed by atoms with E-state index in [1.807, 2.05) is 0 Å². The Morgan fingerprint density at radius 3 is 1.90 bits per heavy atom. The first-order valence-electron chi connectivity index (χ1n) is 9.10. The fourth-order valence-corrected chi connectivity index (χ4v) is 3.68. The molecule has 1 nitrogen and oxygen atoms in total. The largest absolute Gasteiger partial charge is 0.390 e. The van der Waals surface area contributed by atoms with Crippen LogP contribution < -0.4 is 0 Å². The molecule has 1 rings (SSSR count). The van der Waals surface area contributed by atoms with Crippen LogP contribution >= 0.6 is 0 Å². The van der Waals surface area contributed by atoms with Crippen molar-refractivity contribution in [3.63, 3.8) is 0 Å². The molecule has 0 amide bonds. The Balaban J connectivity index is 2.12. The summed E-state index contributed by atoms with van der Waals surface area (Å²) in [6, 6.07) is 0. The molecule has 0 aliphatic heterocycles. The molecule has 0 aromatic rings. The van der Waals surface area contributed by atoms with E-state index < -0.39 is 0 Å². The van der Waals surface area contributed by atoms with Crippen molar-refractivity contribution in [2.75, 3.05) is 0 Å². The number of hydrogen-bond donors (Lipinski definition) is 1. The normalized spacial score (nSPS) is 27.8. The minimum atomic E-state index is -0.328. The third kappa shape index (κ3) is 6.61. The summed E-state index contributed by atoms with van der Waals surface area (Å²) in [7, 11) is 0. The van der Waals surface area contributed by atoms with Crippen molar-refractivity contribution in [1.29, 1.82) is 0 Å². The van der Waals surface area contributed by atoms with Crippen LogP contribution in [0.2, 0.25) is 0 Å². The lowest BCUT2D eigenvalue weighted by atomic mass is 9.67. The molecule has 0 spiro atoms. The lowest BCUT2D eigenvalue weighted by molar-refractivity contribution is -0.0329. The Morgan fingerprint density at radius 1 is 0.900 bits per heavy atom. The zero-order valence-electron chi connectivity index (χ0n) is 14.5. The lowest BCUT2D eigenvalue weighted by Gasteiger charge is -2.41. The van der Waals surface area contributed by atoms with E-state index in [4.69, 9.17) is 0 Å². The molecule has 1 N–H and O–H groups in total. The van der Waals surface area contributed by atoms with E-state index in [-0.39, 0.29) is 5.60 Å². The van der Waals surface area contributed by atoms with Gasteiger partial charge in [-0.3, -0.25) is 0 Å². The second-order valence-electron chi connectivity index (χ2n) is 8.24. The predicted molar refractivity (Wildman–Crippen MR) is 89.0 cm³/mol. The van der Waals surface area contributed by atoms with E-state index in [1.165, 1.54) is 57.8 Å². The summed E-state index contributed by atoms with van der Waals surface area (Å²) in [5.74, 6) is 0.803. The summed E-state index contributed by atoms with van der Waals surface area (Å²) in [4.78, 5) is 0. The average Bonchev–Trinajstić information content (AvgIpc) is 2.37. The fourth-order valence-electron chi connectivity index (χ4n) is 3.68. The van der Waals surface area contributed by atoms with Crippen molar-refractivity contribution in [2.45, 2.75) is 110 Å². The number of unbranched alkanes of at least 4 members (excludes halogenated alkanes) is 6. The van der Waals surface area contributed by atoms with Gasteiger partial charge in [0, 0.05) is 0 Å². The summed E-state index contributed by atoms with van der Waals surface area (Å²) in [5.41, 5.74) is 0.0891. The zero-order chi connectivity index (χ0) is 15.1. The van der Waals surface area contributed by atoms with E-state index in [0.717, 1.165) is 25.2 Å². The van der Waals surface area contributed by atoms with Gasteiger partial charge in [0.25, 0.3) is 0 Å². The molecule has 0 saturated heterocycles. The van der Waals surface area contributed by atoms with E-state index in [1.54, 1.807) is 0 Å². The first-order valence-corrected chi connectivity index (χ1v) is 9.10. The van der Waals surface area contributed by atoms with Crippen LogP contribution in [-0.4, -0.2) is 10.7 Å². The van der Waals surface area contributed by atoms with Gasteiger partial charge in [-0.25, -0.2) is 0 Å². The minimum absolute atomic E-state index is 0.328. The molecule has 1 fully saturated rings. The summed E-state index contributed by atoms with van der Waals surface area (Å²) >= 11 is 0. The smallest absolute Gasteiger partial charge is 0.0648 e. The highest BCUT2D eigenvalue weighted by Crippen LogP contribution is 2.43. The first kappa shape index (κ1) is 18.0. The molecule has 0 aromatic carbocycles. The van der Waals surface area contributed by atoms with Crippen molar-refractivity contribution in [3.8, 4) is 0 Å². The second-order valence-corrected chi connectivity index (χ2v) is 8.24. The molecule has 0 unspecified atom stereocenters. The Labute approximate surface area is 127 Å². The van der Waals surface area contributed by atoms with Gasteiger partial charge in [0.05, 0.1) is 5.60 Å². The topological polar surface area (TPSA) is 20.2 Å². The maximum absolute atomic E-state index is 10.7. The SMILES string of the molecule is CCCCCCCCCC1(O)CCC(C(C)(C)C)CC1. The van der Waals surface area contributed by atoms with Crippen LogP contribution in [0.5, 0.6) is 0 Å². The van der Waals surface area contributed by atoms with E-state index >= 15 is 0 Å². The van der Waals surface area contributed by atoms with Gasteiger partial charge in [0.2, 0.25) is 0 Å². The third-order valence-electron chi connectivity index (χ3n) is 5.39. The summed E-state index contributed by atoms with van der Waals surface area (Å²) < 4.78 is 0. The van der Waals surface area contributed by atoms with E-state index in [2.05, 4.69) is 27.7 Å². The molecule has 0 radical (unpaired) electrons. The maximum Gasteiger partial charge on any atom is 0.0648 e. The summed E-state index contributed by atoms with van der Waals surface area (Å²) in [6.07, 6.45) is 14.9. The van der Waals surface area contributed by atoms with Crippen LogP contribution in [0.1, 0.15) is 105 Å². The van der Waals surface area contributed by atoms with E-state index in [9.17, 15) is 5.11 Å². The molecule has 1 saturated carbocycles. The minimum Gasteiger partial charge on any atom is -0.390 e. The Morgan fingerprint density at radius 2 is 1.40 bits per heavy atom. The first-order chi connectivity index (χ1) is 9.37. The van der Waals surface area contributed by atoms with Crippen LogP contribution in [0.25, 0.3) is 0 Å². The summed E-state index contributed by atoms with van der Waals surface area (Å²) in [6.45, 7) is 9.30. The Hall–Kier alpha value is -0.0400. The highest BCUT2D eigenvalue weighted by molar-refractivity contribution is 4.89. The standard InChI is InChI=1S/C19H38O/c1-5-6-7-8-9-10-11-14-19(20)15-12-17(13-16-19)18(2,3)4/h17,20H,5-16H2,1-4H3. The zero-order valence-corrected chi connectivity index (χ0v) is 14.5. The molecule has 120 valence electrons. The van der Waals surface area contributed by atoms with Gasteiger partial charge in [-0.2, -0.15) is 0 Å². The van der Waals surface area contributed by atoms with Crippen molar-refractivity contribution in [2.24, 2.45) is 11.3 Å². The van der Waals surface area contributed by atoms with Gasteiger partial charge in [-0.05, 0) is 43.4 Å². The number of rotatable bonds is 8. The van der Waals surface area contributed by atoms with Crippen molar-refractivity contribution < 1.29 is 5.11 Å². The maximum atomic E-state index is 10.7. The van der Waals surface area contributed by atoms with E-state index in [0.29, 0.717) is 5.41 Å². The molecule has 0 aromatic heterocycles. The van der Waals surface area contributed by atoms with Crippen LogP contribution in [0.4, 0.5) is 0 Å². The molecular formula is C19H38O. The van der Waals surface area contributed by atoms with Crippen LogP contribution in [0.15, 0.2) is 0 Å². The van der Waals surface area contributed by atoms with Crippen molar-refractivity contribution in [1.82, 2.24) is 0 Å². The summed E-state index contributed by atoms with van der Waals surface area (Å²) in [5, 5.41) is 10.7. The molecule has 0 bridgehead atoms. The van der Waals surface area contributed by atoms with Crippen molar-refractivity contribution in [3.05, 3.63) is 0 Å². The van der Waals surface area contributed by atoms with Crippen molar-refractivity contribution >= 4 is 0 Å². The molecule has 0 atom stereocenters. The van der Waals surface area contributed by atoms with Gasteiger partial charge in [-0.15, -0.1) is 0 Å². The van der Waals surface area contributed by atoms with Gasteiger partial charge >= 0.3 is 0 Å². The van der Waals surface area contributed by atoms with Gasteiger partial charge < -0.3 is 5.11 Å². The monoisotopic (exact) mass is 282 g/mol. The number of hydrogen-bond acceptors (Lipinski definition) is 1. The van der Waals surface area contributed by atoms with Crippen LogP contribution in [0.3, 0.4) is 0 Å². The molecule has 1 heteroatoms. The predicted octanol–water partition coefficient (Wildman–Crippen LogP) is 6.09. The lowest BCUT2D eigenvalue weighted by Crippen LogP contribution is -2.37. The highest BCUT2D eigenvalue weighted by atomic mass is 16.3. The average molecular weight is 283 g/mol. The quantitative estimate of drug-likeness (QED) is 0.534. The van der Waals surface area contributed by atoms with Gasteiger partial charge in [0.15, 0.2) is 0 Å². The molecule has 20 heavy (non-hydrogen) atoms. The second kappa shape index (κ2) is 8.41. The Kier molecular flexibility index (Phi) is 7.58. The molecule has 1 aliphatic carbocycles. The highest BCUT2D eigenvalue weighted by Gasteiger charge is 2.36. The Bertz CT molecular complexity index is 243. The molecular weight excluding hydrogens is 244 g/mol. The fraction of sp³-hybridized carbons (Fsp3) is 1.00.